The van der Waals surface area contributed by atoms with E-state index in [9.17, 15) is 9.59 Å². The Morgan fingerprint density at radius 2 is 2.00 bits per heavy atom. The zero-order chi connectivity index (χ0) is 15.9. The zero-order valence-corrected chi connectivity index (χ0v) is 13.2. The van der Waals surface area contributed by atoms with Crippen LogP contribution in [0.1, 0.15) is 12.8 Å². The van der Waals surface area contributed by atoms with E-state index < -0.39 is 0 Å². The van der Waals surface area contributed by atoms with Crippen LogP contribution in [-0.2, 0) is 4.79 Å². The molecule has 1 atom stereocenters. The second-order valence-corrected chi connectivity index (χ2v) is 5.71. The van der Waals surface area contributed by atoms with Crippen molar-refractivity contribution in [1.29, 1.82) is 0 Å². The van der Waals surface area contributed by atoms with Crippen molar-refractivity contribution in [3.8, 4) is 0 Å². The minimum atomic E-state index is -0.202. The van der Waals surface area contributed by atoms with Crippen molar-refractivity contribution in [2.24, 2.45) is 0 Å². The van der Waals surface area contributed by atoms with E-state index >= 15 is 0 Å². The Morgan fingerprint density at radius 3 is 2.68 bits per heavy atom. The van der Waals surface area contributed by atoms with Gasteiger partial charge in [0.25, 0.3) is 0 Å². The molecule has 0 bridgehead atoms. The molecule has 2 rings (SSSR count). The van der Waals surface area contributed by atoms with Crippen molar-refractivity contribution >= 4 is 17.6 Å². The lowest BCUT2D eigenvalue weighted by Crippen LogP contribution is -2.44. The average molecular weight is 304 g/mol. The molecule has 1 aromatic carbocycles. The van der Waals surface area contributed by atoms with Crippen molar-refractivity contribution in [2.75, 3.05) is 38.6 Å². The molecule has 1 aliphatic rings. The van der Waals surface area contributed by atoms with Crippen LogP contribution in [0.25, 0.3) is 0 Å². The molecule has 3 amide bonds. The molecule has 0 aliphatic carbocycles. The first-order valence-corrected chi connectivity index (χ1v) is 7.61. The van der Waals surface area contributed by atoms with Crippen molar-refractivity contribution < 1.29 is 9.59 Å². The van der Waals surface area contributed by atoms with Gasteiger partial charge in [-0.3, -0.25) is 4.79 Å². The van der Waals surface area contributed by atoms with Gasteiger partial charge in [-0.15, -0.1) is 0 Å². The number of carbonyl (C=O) groups excluding carboxylic acids is 2. The molecule has 0 radical (unpaired) electrons. The van der Waals surface area contributed by atoms with Gasteiger partial charge in [-0.1, -0.05) is 18.2 Å². The first-order chi connectivity index (χ1) is 10.6. The van der Waals surface area contributed by atoms with Crippen molar-refractivity contribution in [3.05, 3.63) is 30.3 Å². The normalized spacial score (nSPS) is 17.2. The smallest absolute Gasteiger partial charge is 0.315 e. The van der Waals surface area contributed by atoms with Gasteiger partial charge in [0.1, 0.15) is 0 Å². The number of carbonyl (C=O) groups is 2. The van der Waals surface area contributed by atoms with Gasteiger partial charge in [0, 0.05) is 51.9 Å². The summed E-state index contributed by atoms with van der Waals surface area (Å²) in [5.74, 6) is 0.0106. The summed E-state index contributed by atoms with van der Waals surface area (Å²) in [6, 6.07) is 10.1. The highest BCUT2D eigenvalue weighted by Crippen LogP contribution is 2.19. The van der Waals surface area contributed by atoms with Crippen LogP contribution in [0, 0.1) is 0 Å². The maximum Gasteiger partial charge on any atom is 0.315 e. The van der Waals surface area contributed by atoms with Gasteiger partial charge in [0.2, 0.25) is 5.91 Å². The Labute approximate surface area is 131 Å². The topological polar surface area (TPSA) is 64.7 Å². The fraction of sp³-hybridized carbons (Fsp3) is 0.500. The van der Waals surface area contributed by atoms with Gasteiger partial charge in [-0.05, 0) is 18.6 Å². The number of para-hydroxylation sites is 1. The van der Waals surface area contributed by atoms with Gasteiger partial charge in [-0.25, -0.2) is 4.79 Å². The number of amides is 3. The standard InChI is InChI=1S/C16H24N4O2/c1-19(2)15(21)8-10-17-16(22)18-13-9-11-20(12-13)14-6-4-3-5-7-14/h3-7,13H,8-12H2,1-2H3,(H2,17,18,22). The third-order valence-electron chi connectivity index (χ3n) is 3.77. The van der Waals surface area contributed by atoms with E-state index in [2.05, 4.69) is 27.7 Å². The fourth-order valence-electron chi connectivity index (χ4n) is 2.49. The maximum atomic E-state index is 11.8. The van der Waals surface area contributed by atoms with Crippen LogP contribution < -0.4 is 15.5 Å². The van der Waals surface area contributed by atoms with Crippen LogP contribution in [0.15, 0.2) is 30.3 Å². The highest BCUT2D eigenvalue weighted by Gasteiger charge is 2.23. The first kappa shape index (κ1) is 16.1. The van der Waals surface area contributed by atoms with Crippen molar-refractivity contribution in [3.63, 3.8) is 0 Å². The molecule has 1 saturated heterocycles. The molecule has 1 aromatic rings. The number of urea groups is 1. The minimum absolute atomic E-state index is 0.0106. The van der Waals surface area contributed by atoms with Crippen molar-refractivity contribution in [1.82, 2.24) is 15.5 Å². The predicted octanol–water partition coefficient (Wildman–Crippen LogP) is 1.04. The quantitative estimate of drug-likeness (QED) is 0.854. The third kappa shape index (κ3) is 4.65. The lowest BCUT2D eigenvalue weighted by molar-refractivity contribution is -0.128. The zero-order valence-electron chi connectivity index (χ0n) is 13.2. The molecule has 1 heterocycles. The largest absolute Gasteiger partial charge is 0.369 e. The number of nitrogens with one attached hydrogen (secondary N) is 2. The molecule has 1 unspecified atom stereocenters. The molecule has 2 N–H and O–H groups in total. The number of anilines is 1. The number of rotatable bonds is 5. The highest BCUT2D eigenvalue weighted by atomic mass is 16.2. The van der Waals surface area contributed by atoms with Gasteiger partial charge in [0.15, 0.2) is 0 Å². The van der Waals surface area contributed by atoms with Crippen LogP contribution in [-0.4, -0.2) is 56.6 Å². The summed E-state index contributed by atoms with van der Waals surface area (Å²) in [5.41, 5.74) is 1.18. The molecular weight excluding hydrogens is 280 g/mol. The Morgan fingerprint density at radius 1 is 1.27 bits per heavy atom. The molecule has 6 heteroatoms. The predicted molar refractivity (Wildman–Crippen MR) is 86.9 cm³/mol. The summed E-state index contributed by atoms with van der Waals surface area (Å²) in [6.45, 7) is 2.11. The second-order valence-electron chi connectivity index (χ2n) is 5.71. The summed E-state index contributed by atoms with van der Waals surface area (Å²) >= 11 is 0. The van der Waals surface area contributed by atoms with Gasteiger partial charge in [0.05, 0.1) is 0 Å². The Bertz CT molecular complexity index is 504. The molecule has 22 heavy (non-hydrogen) atoms. The summed E-state index contributed by atoms with van der Waals surface area (Å²) in [7, 11) is 3.41. The van der Waals surface area contributed by atoms with Crippen molar-refractivity contribution in [2.45, 2.75) is 18.9 Å². The Kier molecular flexibility index (Phi) is 5.63. The van der Waals surface area contributed by atoms with Crippen LogP contribution in [0.4, 0.5) is 10.5 Å². The van der Waals surface area contributed by atoms with E-state index in [4.69, 9.17) is 0 Å². The second kappa shape index (κ2) is 7.68. The SMILES string of the molecule is CN(C)C(=O)CCNC(=O)NC1CCN(c2ccccc2)C1. The molecule has 0 saturated carbocycles. The lowest BCUT2D eigenvalue weighted by Gasteiger charge is -2.19. The molecular formula is C16H24N4O2. The number of benzene rings is 1. The van der Waals surface area contributed by atoms with Gasteiger partial charge >= 0.3 is 6.03 Å². The third-order valence-corrected chi connectivity index (χ3v) is 3.77. The summed E-state index contributed by atoms with van der Waals surface area (Å²) in [6.07, 6.45) is 1.25. The fourth-order valence-corrected chi connectivity index (χ4v) is 2.49. The van der Waals surface area contributed by atoms with Crippen LogP contribution >= 0.6 is 0 Å². The van der Waals surface area contributed by atoms with E-state index in [-0.39, 0.29) is 18.0 Å². The molecule has 0 aromatic heterocycles. The summed E-state index contributed by atoms with van der Waals surface area (Å²) < 4.78 is 0. The molecule has 1 aliphatic heterocycles. The first-order valence-electron chi connectivity index (χ1n) is 7.61. The average Bonchev–Trinajstić information content (AvgIpc) is 2.96. The van der Waals surface area contributed by atoms with Gasteiger partial charge in [-0.2, -0.15) is 0 Å². The Balaban J connectivity index is 1.69. The molecule has 6 nitrogen and oxygen atoms in total. The van der Waals surface area contributed by atoms with E-state index in [1.165, 1.54) is 10.6 Å². The number of hydrogen-bond acceptors (Lipinski definition) is 3. The van der Waals surface area contributed by atoms with E-state index in [1.54, 1.807) is 14.1 Å². The monoisotopic (exact) mass is 304 g/mol. The molecule has 120 valence electrons. The van der Waals surface area contributed by atoms with E-state index in [0.717, 1.165) is 19.5 Å². The Hall–Kier alpha value is -2.24. The van der Waals surface area contributed by atoms with Crippen LogP contribution in [0.5, 0.6) is 0 Å². The number of hydrogen-bond donors (Lipinski definition) is 2. The minimum Gasteiger partial charge on any atom is -0.369 e. The van der Waals surface area contributed by atoms with Crippen LogP contribution in [0.2, 0.25) is 0 Å². The highest BCUT2D eigenvalue weighted by molar-refractivity contribution is 5.78. The molecule has 0 spiro atoms. The summed E-state index contributed by atoms with van der Waals surface area (Å²) in [4.78, 5) is 27.0. The lowest BCUT2D eigenvalue weighted by atomic mass is 10.3. The molecule has 1 fully saturated rings. The number of nitrogens with zero attached hydrogens (tertiary/aromatic N) is 2. The summed E-state index contributed by atoms with van der Waals surface area (Å²) in [5, 5.41) is 5.70. The maximum absolute atomic E-state index is 11.8. The van der Waals surface area contributed by atoms with E-state index in [0.29, 0.717) is 13.0 Å². The van der Waals surface area contributed by atoms with Gasteiger partial charge < -0.3 is 20.4 Å². The van der Waals surface area contributed by atoms with Crippen LogP contribution in [0.3, 0.4) is 0 Å². The van der Waals surface area contributed by atoms with E-state index in [1.807, 2.05) is 18.2 Å².